The van der Waals surface area contributed by atoms with Crippen LogP contribution >= 0.6 is 23.5 Å². The second-order valence-electron chi connectivity index (χ2n) is 4.59. The van der Waals surface area contributed by atoms with E-state index in [1.165, 1.54) is 29.6 Å². The summed E-state index contributed by atoms with van der Waals surface area (Å²) in [6.07, 6.45) is -2.15. The van der Waals surface area contributed by atoms with Crippen LogP contribution in [0.25, 0.3) is 0 Å². The number of hydrogen-bond acceptors (Lipinski definition) is 7. The molecule has 1 aliphatic rings. The molecule has 2 rings (SSSR count). The first-order valence-corrected chi connectivity index (χ1v) is 9.74. The van der Waals surface area contributed by atoms with Crippen molar-refractivity contribution < 1.29 is 23.7 Å². The van der Waals surface area contributed by atoms with E-state index in [0.717, 1.165) is 6.26 Å². The van der Waals surface area contributed by atoms with Crippen molar-refractivity contribution in [2.24, 2.45) is 0 Å². The molecular formula is C12H16O5S3. The fourth-order valence-electron chi connectivity index (χ4n) is 1.86. The molecule has 0 radical (unpaired) electrons. The van der Waals surface area contributed by atoms with Crippen LogP contribution in [0.4, 0.5) is 0 Å². The fourth-order valence-corrected chi connectivity index (χ4v) is 5.87. The quantitative estimate of drug-likeness (QED) is 0.732. The van der Waals surface area contributed by atoms with E-state index in [1.807, 2.05) is 0 Å². The molecule has 0 aromatic heterocycles. The zero-order chi connectivity index (χ0) is 14.9. The predicted octanol–water partition coefficient (Wildman–Crippen LogP) is 0.338. The van der Waals surface area contributed by atoms with Gasteiger partial charge >= 0.3 is 0 Å². The van der Waals surface area contributed by atoms with Gasteiger partial charge in [0.05, 0.1) is 15.6 Å². The Kier molecular flexibility index (Phi) is 5.04. The molecule has 0 bridgehead atoms. The van der Waals surface area contributed by atoms with E-state index < -0.39 is 32.7 Å². The van der Waals surface area contributed by atoms with Crippen LogP contribution in [0.2, 0.25) is 0 Å². The Balaban J connectivity index is 2.23. The van der Waals surface area contributed by atoms with Crippen molar-refractivity contribution >= 4 is 33.4 Å². The molecule has 8 heteroatoms. The highest BCUT2D eigenvalue weighted by atomic mass is 32.2. The molecule has 3 N–H and O–H groups in total. The average molecular weight is 336 g/mol. The van der Waals surface area contributed by atoms with Crippen LogP contribution in [-0.4, -0.2) is 58.6 Å². The van der Waals surface area contributed by atoms with Crippen LogP contribution in [0.3, 0.4) is 0 Å². The number of thioether (sulfide) groups is 2. The van der Waals surface area contributed by atoms with Crippen molar-refractivity contribution in [3.63, 3.8) is 0 Å². The zero-order valence-corrected chi connectivity index (χ0v) is 13.2. The number of rotatable bonds is 3. The first-order chi connectivity index (χ1) is 9.30. The Morgan fingerprint density at radius 3 is 2.50 bits per heavy atom. The number of aliphatic hydroxyl groups is 3. The van der Waals surface area contributed by atoms with Crippen molar-refractivity contribution in [3.8, 4) is 0 Å². The van der Waals surface area contributed by atoms with Gasteiger partial charge in [0.15, 0.2) is 9.84 Å². The molecule has 0 saturated carbocycles. The molecule has 0 amide bonds. The Bertz CT molecular complexity index is 574. The highest BCUT2D eigenvalue weighted by Crippen LogP contribution is 2.40. The van der Waals surface area contributed by atoms with Crippen LogP contribution in [0.15, 0.2) is 34.1 Å². The molecule has 112 valence electrons. The Morgan fingerprint density at radius 1 is 1.20 bits per heavy atom. The predicted molar refractivity (Wildman–Crippen MR) is 79.7 cm³/mol. The van der Waals surface area contributed by atoms with E-state index in [0.29, 0.717) is 10.6 Å². The van der Waals surface area contributed by atoms with Crippen LogP contribution in [0.5, 0.6) is 0 Å². The van der Waals surface area contributed by atoms with Gasteiger partial charge in [0.25, 0.3) is 0 Å². The normalized spacial score (nSPS) is 31.2. The highest BCUT2D eigenvalue weighted by Gasteiger charge is 2.38. The maximum Gasteiger partial charge on any atom is 0.176 e. The summed E-state index contributed by atoms with van der Waals surface area (Å²) in [5.41, 5.74) is 0. The van der Waals surface area contributed by atoms with Crippen molar-refractivity contribution in [1.29, 1.82) is 0 Å². The van der Waals surface area contributed by atoms with Crippen LogP contribution < -0.4 is 0 Å². The molecule has 20 heavy (non-hydrogen) atoms. The van der Waals surface area contributed by atoms with Gasteiger partial charge in [-0.15, -0.1) is 23.5 Å². The zero-order valence-electron chi connectivity index (χ0n) is 10.7. The molecule has 5 nitrogen and oxygen atoms in total. The lowest BCUT2D eigenvalue weighted by molar-refractivity contribution is -0.0474. The van der Waals surface area contributed by atoms with E-state index in [9.17, 15) is 23.7 Å². The second kappa shape index (κ2) is 6.25. The largest absolute Gasteiger partial charge is 0.389 e. The second-order valence-corrected chi connectivity index (χ2v) is 9.23. The van der Waals surface area contributed by atoms with E-state index in [1.54, 1.807) is 18.2 Å². The van der Waals surface area contributed by atoms with Gasteiger partial charge in [-0.3, -0.25) is 0 Å². The monoisotopic (exact) mass is 336 g/mol. The molecule has 0 aliphatic carbocycles. The maximum atomic E-state index is 11.7. The molecule has 1 saturated heterocycles. The van der Waals surface area contributed by atoms with E-state index in [-0.39, 0.29) is 4.90 Å². The van der Waals surface area contributed by atoms with E-state index >= 15 is 0 Å². The molecule has 0 spiro atoms. The summed E-state index contributed by atoms with van der Waals surface area (Å²) in [5, 5.41) is 29.1. The van der Waals surface area contributed by atoms with Crippen molar-refractivity contribution in [2.45, 2.75) is 32.7 Å². The summed E-state index contributed by atoms with van der Waals surface area (Å²) in [7, 11) is -3.35. The van der Waals surface area contributed by atoms with Crippen molar-refractivity contribution in [2.75, 3.05) is 12.0 Å². The number of aliphatic hydroxyl groups excluding tert-OH is 3. The fraction of sp³-hybridized carbons (Fsp3) is 0.500. The van der Waals surface area contributed by atoms with E-state index in [2.05, 4.69) is 0 Å². The molecule has 1 aromatic rings. The lowest BCUT2D eigenvalue weighted by atomic mass is 10.1. The summed E-state index contributed by atoms with van der Waals surface area (Å²) in [4.78, 5) is 0.744. The number of hydrogen-bond donors (Lipinski definition) is 3. The average Bonchev–Trinajstić information content (AvgIpc) is 2.39. The van der Waals surface area contributed by atoms with E-state index in [4.69, 9.17) is 0 Å². The minimum Gasteiger partial charge on any atom is -0.389 e. The maximum absolute atomic E-state index is 11.7. The third-order valence-corrected chi connectivity index (χ3v) is 7.19. The summed E-state index contributed by atoms with van der Waals surface area (Å²) in [6, 6.07) is 6.56. The summed E-state index contributed by atoms with van der Waals surface area (Å²) < 4.78 is 23.0. The smallest absolute Gasteiger partial charge is 0.176 e. The standard InChI is InChI=1S/C12H16O5S3/c1-20(16,17)9-5-3-2-4-8(9)19-12-11(15)10(14)7(13)6-18-12/h2-5,7,10-15H,6H2,1H3/t7-,10+,11-,12+/m1/s1. The minimum absolute atomic E-state index is 0.207. The molecular weight excluding hydrogens is 320 g/mol. The Morgan fingerprint density at radius 2 is 1.85 bits per heavy atom. The van der Waals surface area contributed by atoms with Gasteiger partial charge in [-0.25, -0.2) is 8.42 Å². The van der Waals surface area contributed by atoms with Gasteiger partial charge in [0.1, 0.15) is 12.2 Å². The highest BCUT2D eigenvalue weighted by molar-refractivity contribution is 8.17. The molecule has 1 heterocycles. The van der Waals surface area contributed by atoms with Crippen LogP contribution in [0, 0.1) is 0 Å². The number of benzene rings is 1. The number of sulfone groups is 1. The van der Waals surface area contributed by atoms with Crippen LogP contribution in [-0.2, 0) is 9.84 Å². The van der Waals surface area contributed by atoms with Gasteiger partial charge < -0.3 is 15.3 Å². The first-order valence-electron chi connectivity index (χ1n) is 5.92. The SMILES string of the molecule is CS(=O)(=O)c1ccccc1S[C@@H]1SC[C@@H](O)[C@H](O)[C@H]1O. The third-order valence-electron chi connectivity index (χ3n) is 2.95. The molecule has 1 aromatic carbocycles. The molecule has 1 fully saturated rings. The first kappa shape index (κ1) is 16.1. The summed E-state index contributed by atoms with van der Waals surface area (Å²) >= 11 is 2.50. The summed E-state index contributed by atoms with van der Waals surface area (Å²) in [6.45, 7) is 0. The molecule has 4 atom stereocenters. The van der Waals surface area contributed by atoms with Gasteiger partial charge in [-0.05, 0) is 12.1 Å². The molecule has 1 aliphatic heterocycles. The van der Waals surface area contributed by atoms with Crippen molar-refractivity contribution in [3.05, 3.63) is 24.3 Å². The minimum atomic E-state index is -3.35. The van der Waals surface area contributed by atoms with Crippen molar-refractivity contribution in [1.82, 2.24) is 0 Å². The van der Waals surface area contributed by atoms with Crippen LogP contribution in [0.1, 0.15) is 0 Å². The summed E-state index contributed by atoms with van der Waals surface area (Å²) in [5.74, 6) is 0.303. The van der Waals surface area contributed by atoms with Gasteiger partial charge in [0.2, 0.25) is 0 Å². The van der Waals surface area contributed by atoms with Gasteiger partial charge in [-0.1, -0.05) is 12.1 Å². The molecule has 0 unspecified atom stereocenters. The Labute approximate surface area is 126 Å². The van der Waals surface area contributed by atoms with Gasteiger partial charge in [-0.2, -0.15) is 0 Å². The topological polar surface area (TPSA) is 94.8 Å². The lowest BCUT2D eigenvalue weighted by Gasteiger charge is -2.34. The third kappa shape index (κ3) is 3.49. The van der Waals surface area contributed by atoms with Gasteiger partial charge in [0, 0.05) is 16.9 Å². The lowest BCUT2D eigenvalue weighted by Crippen LogP contribution is -2.47. The Hall–Kier alpha value is -0.250.